The summed E-state index contributed by atoms with van der Waals surface area (Å²) in [5.74, 6) is 0.478. The van der Waals surface area contributed by atoms with Crippen LogP contribution in [0.5, 0.6) is 17.2 Å². The number of nitrogens with zero attached hydrogens (tertiary/aromatic N) is 1. The van der Waals surface area contributed by atoms with E-state index in [2.05, 4.69) is 5.32 Å². The number of imide groups is 1. The Morgan fingerprint density at radius 3 is 2.52 bits per heavy atom. The summed E-state index contributed by atoms with van der Waals surface area (Å²) in [6, 6.07) is 18.1. The summed E-state index contributed by atoms with van der Waals surface area (Å²) in [5, 5.41) is 2.57. The minimum Gasteiger partial charge on any atom is -0.491 e. The number of nitrogens with one attached hydrogen (secondary N) is 1. The van der Waals surface area contributed by atoms with Crippen molar-refractivity contribution in [3.63, 3.8) is 0 Å². The van der Waals surface area contributed by atoms with Crippen molar-refractivity contribution in [1.29, 1.82) is 0 Å². The number of hydrogen-bond donors (Lipinski definition) is 1. The van der Waals surface area contributed by atoms with Crippen LogP contribution in [0.2, 0.25) is 5.02 Å². The van der Waals surface area contributed by atoms with Crippen molar-refractivity contribution in [2.45, 2.75) is 20.8 Å². The summed E-state index contributed by atoms with van der Waals surface area (Å²) in [4.78, 5) is 39.3. The van der Waals surface area contributed by atoms with Crippen LogP contribution in [-0.2, 0) is 9.59 Å². The standard InChI is InChI=1S/C30H29ClN2O6S/c1-4-37-25-16-21(15-23(31)28(25)39-18-27(34)32-22-8-6-5-7-9-22)17-26-29(35)33(30(36)40-26)12-13-38-24-14-19(2)10-11-20(24)3/h5-11,14-17H,4,12-13,18H2,1-3H3,(H,32,34)/b26-17-. The molecule has 0 aromatic heterocycles. The quantitative estimate of drug-likeness (QED) is 0.259. The number of benzene rings is 3. The van der Waals surface area contributed by atoms with E-state index in [1.54, 1.807) is 37.3 Å². The summed E-state index contributed by atoms with van der Waals surface area (Å²) >= 11 is 7.34. The van der Waals surface area contributed by atoms with E-state index in [0.717, 1.165) is 33.5 Å². The van der Waals surface area contributed by atoms with Gasteiger partial charge in [0, 0.05) is 5.69 Å². The normalized spacial score (nSPS) is 14.0. The maximum Gasteiger partial charge on any atom is 0.293 e. The maximum atomic E-state index is 13.0. The van der Waals surface area contributed by atoms with Gasteiger partial charge in [0.05, 0.1) is 23.1 Å². The third kappa shape index (κ3) is 7.37. The molecule has 3 amide bonds. The molecule has 208 valence electrons. The summed E-state index contributed by atoms with van der Waals surface area (Å²) in [5.41, 5.74) is 3.23. The van der Waals surface area contributed by atoms with Crippen LogP contribution in [0.1, 0.15) is 23.6 Å². The number of hydrogen-bond acceptors (Lipinski definition) is 7. The number of thioether (sulfide) groups is 1. The molecule has 1 aliphatic heterocycles. The van der Waals surface area contributed by atoms with Gasteiger partial charge in [-0.1, -0.05) is 41.9 Å². The van der Waals surface area contributed by atoms with Crippen molar-refractivity contribution in [2.24, 2.45) is 0 Å². The van der Waals surface area contributed by atoms with Gasteiger partial charge in [-0.05, 0) is 85.6 Å². The monoisotopic (exact) mass is 580 g/mol. The van der Waals surface area contributed by atoms with Crippen LogP contribution >= 0.6 is 23.4 Å². The molecule has 0 saturated carbocycles. The van der Waals surface area contributed by atoms with Crippen molar-refractivity contribution >= 4 is 52.2 Å². The van der Waals surface area contributed by atoms with Gasteiger partial charge in [0.1, 0.15) is 12.4 Å². The third-order valence-corrected chi connectivity index (χ3v) is 7.01. The van der Waals surface area contributed by atoms with Crippen molar-refractivity contribution in [2.75, 3.05) is 31.7 Å². The lowest BCUT2D eigenvalue weighted by Crippen LogP contribution is -2.32. The lowest BCUT2D eigenvalue weighted by molar-refractivity contribution is -0.123. The number of aryl methyl sites for hydroxylation is 2. The highest BCUT2D eigenvalue weighted by atomic mass is 35.5. The van der Waals surface area contributed by atoms with E-state index in [9.17, 15) is 14.4 Å². The minimum absolute atomic E-state index is 0.123. The molecule has 0 unspecified atom stereocenters. The van der Waals surface area contributed by atoms with Crippen molar-refractivity contribution in [1.82, 2.24) is 4.90 Å². The molecule has 1 aliphatic rings. The molecule has 1 N–H and O–H groups in total. The lowest BCUT2D eigenvalue weighted by atomic mass is 10.1. The van der Waals surface area contributed by atoms with Gasteiger partial charge in [0.2, 0.25) is 0 Å². The zero-order valence-electron chi connectivity index (χ0n) is 22.4. The van der Waals surface area contributed by atoms with Crippen LogP contribution in [0.15, 0.2) is 65.6 Å². The predicted octanol–water partition coefficient (Wildman–Crippen LogP) is 6.49. The highest BCUT2D eigenvalue weighted by molar-refractivity contribution is 8.18. The Morgan fingerprint density at radius 1 is 1.00 bits per heavy atom. The molecule has 1 heterocycles. The van der Waals surface area contributed by atoms with Crippen LogP contribution < -0.4 is 19.5 Å². The zero-order chi connectivity index (χ0) is 28.6. The molecule has 1 fully saturated rings. The number of amides is 3. The summed E-state index contributed by atoms with van der Waals surface area (Å²) < 4.78 is 17.2. The number of anilines is 1. The van der Waals surface area contributed by atoms with Gasteiger partial charge in [0.15, 0.2) is 18.1 Å². The fourth-order valence-corrected chi connectivity index (χ4v) is 5.02. The van der Waals surface area contributed by atoms with Gasteiger partial charge in [-0.2, -0.15) is 0 Å². The topological polar surface area (TPSA) is 94.2 Å². The molecule has 10 heteroatoms. The van der Waals surface area contributed by atoms with Crippen LogP contribution in [0.3, 0.4) is 0 Å². The summed E-state index contributed by atoms with van der Waals surface area (Å²) in [6.07, 6.45) is 1.58. The molecule has 3 aromatic rings. The summed E-state index contributed by atoms with van der Waals surface area (Å²) in [7, 11) is 0. The first-order valence-corrected chi connectivity index (χ1v) is 13.8. The molecule has 3 aromatic carbocycles. The summed E-state index contributed by atoms with van der Waals surface area (Å²) in [6.45, 7) is 6.06. The second kappa shape index (κ2) is 13.4. The molecule has 4 rings (SSSR count). The van der Waals surface area contributed by atoms with Crippen molar-refractivity contribution < 1.29 is 28.6 Å². The smallest absolute Gasteiger partial charge is 0.293 e. The first-order valence-electron chi connectivity index (χ1n) is 12.6. The van der Waals surface area contributed by atoms with Gasteiger partial charge in [0.25, 0.3) is 17.1 Å². The number of ether oxygens (including phenoxy) is 3. The molecule has 0 spiro atoms. The molecule has 0 atom stereocenters. The van der Waals surface area contributed by atoms with Crippen LogP contribution in [0.4, 0.5) is 10.5 Å². The number of carbonyl (C=O) groups is 3. The number of halogens is 1. The Bertz CT molecular complexity index is 1440. The van der Waals surface area contributed by atoms with E-state index >= 15 is 0 Å². The fourth-order valence-electron chi connectivity index (χ4n) is 3.88. The first kappa shape index (κ1) is 29.0. The van der Waals surface area contributed by atoms with Gasteiger partial charge in [-0.25, -0.2) is 0 Å². The average Bonchev–Trinajstić information content (AvgIpc) is 3.18. The Kier molecular flexibility index (Phi) is 9.74. The molecule has 0 aliphatic carbocycles. The van der Waals surface area contributed by atoms with Crippen molar-refractivity contribution in [3.05, 3.63) is 87.3 Å². The van der Waals surface area contributed by atoms with Crippen LogP contribution in [-0.4, -0.2) is 48.3 Å². The predicted molar refractivity (Wildman–Crippen MR) is 157 cm³/mol. The molecular formula is C30H29ClN2O6S. The highest BCUT2D eigenvalue weighted by Gasteiger charge is 2.35. The molecular weight excluding hydrogens is 552 g/mol. The number of para-hydroxylation sites is 1. The Balaban J connectivity index is 1.42. The SMILES string of the molecule is CCOc1cc(/C=C2\SC(=O)N(CCOc3cc(C)ccc3C)C2=O)cc(Cl)c1OCC(=O)Nc1ccccc1. The minimum atomic E-state index is -0.411. The van der Waals surface area contributed by atoms with Gasteiger partial charge in [-0.15, -0.1) is 0 Å². The van der Waals surface area contributed by atoms with E-state index in [-0.39, 0.29) is 46.6 Å². The zero-order valence-corrected chi connectivity index (χ0v) is 23.9. The van der Waals surface area contributed by atoms with E-state index in [4.69, 9.17) is 25.8 Å². The molecule has 0 bridgehead atoms. The van der Waals surface area contributed by atoms with Gasteiger partial charge in [-0.3, -0.25) is 19.3 Å². The van der Waals surface area contributed by atoms with E-state index in [0.29, 0.717) is 23.6 Å². The van der Waals surface area contributed by atoms with E-state index in [1.807, 2.05) is 50.2 Å². The van der Waals surface area contributed by atoms with E-state index < -0.39 is 5.91 Å². The Labute approximate surface area is 242 Å². The average molecular weight is 581 g/mol. The number of carbonyl (C=O) groups excluding carboxylic acids is 3. The first-order chi connectivity index (χ1) is 19.2. The Morgan fingerprint density at radius 2 is 1.77 bits per heavy atom. The number of rotatable bonds is 11. The second-order valence-corrected chi connectivity index (χ2v) is 10.3. The molecule has 1 saturated heterocycles. The van der Waals surface area contributed by atoms with Crippen molar-refractivity contribution in [3.8, 4) is 17.2 Å². The third-order valence-electron chi connectivity index (χ3n) is 5.82. The van der Waals surface area contributed by atoms with Gasteiger partial charge >= 0.3 is 0 Å². The Hall–Kier alpha value is -3.95. The largest absolute Gasteiger partial charge is 0.491 e. The molecule has 0 radical (unpaired) electrons. The van der Waals surface area contributed by atoms with Crippen LogP contribution in [0.25, 0.3) is 6.08 Å². The highest BCUT2D eigenvalue weighted by Crippen LogP contribution is 2.39. The van der Waals surface area contributed by atoms with Gasteiger partial charge < -0.3 is 19.5 Å². The molecule has 8 nitrogen and oxygen atoms in total. The molecule has 40 heavy (non-hydrogen) atoms. The van der Waals surface area contributed by atoms with E-state index in [1.165, 1.54) is 0 Å². The van der Waals surface area contributed by atoms with Crippen LogP contribution in [0, 0.1) is 13.8 Å². The fraction of sp³-hybridized carbons (Fsp3) is 0.233. The maximum absolute atomic E-state index is 13.0. The second-order valence-electron chi connectivity index (χ2n) is 8.92. The lowest BCUT2D eigenvalue weighted by Gasteiger charge is -2.15.